The van der Waals surface area contributed by atoms with E-state index in [4.69, 9.17) is 5.73 Å². The van der Waals surface area contributed by atoms with E-state index in [2.05, 4.69) is 5.32 Å². The zero-order valence-electron chi connectivity index (χ0n) is 10.5. The number of nitrogens with one attached hydrogen (secondary N) is 1. The lowest BCUT2D eigenvalue weighted by molar-refractivity contribution is 0.334. The fourth-order valence-corrected chi connectivity index (χ4v) is 2.19. The standard InChI is InChI=1S/C11H24N2O2S/c1-11(2,16(3,14)15)8-13-10-6-4-9(12)5-7-10/h9-10,13H,4-8,12H2,1-3H3. The van der Waals surface area contributed by atoms with E-state index in [1.165, 1.54) is 6.26 Å². The minimum absolute atomic E-state index is 0.334. The summed E-state index contributed by atoms with van der Waals surface area (Å²) in [7, 11) is -3.00. The fraction of sp³-hybridized carbons (Fsp3) is 1.00. The third-order valence-corrected chi connectivity index (χ3v) is 5.74. The van der Waals surface area contributed by atoms with Crippen molar-refractivity contribution >= 4 is 9.84 Å². The van der Waals surface area contributed by atoms with Crippen LogP contribution in [-0.4, -0.2) is 38.0 Å². The van der Waals surface area contributed by atoms with Crippen molar-refractivity contribution in [2.75, 3.05) is 12.8 Å². The first-order valence-electron chi connectivity index (χ1n) is 5.91. The Kier molecular flexibility index (Phi) is 4.37. The molecule has 96 valence electrons. The van der Waals surface area contributed by atoms with Gasteiger partial charge in [0.2, 0.25) is 0 Å². The van der Waals surface area contributed by atoms with E-state index in [-0.39, 0.29) is 0 Å². The molecule has 0 unspecified atom stereocenters. The minimum atomic E-state index is -3.00. The lowest BCUT2D eigenvalue weighted by Gasteiger charge is -2.30. The molecule has 4 nitrogen and oxygen atoms in total. The van der Waals surface area contributed by atoms with Crippen LogP contribution in [0.3, 0.4) is 0 Å². The highest BCUT2D eigenvalue weighted by Crippen LogP contribution is 2.19. The molecular formula is C11H24N2O2S. The van der Waals surface area contributed by atoms with Crippen molar-refractivity contribution < 1.29 is 8.42 Å². The third-order valence-electron chi connectivity index (χ3n) is 3.59. The van der Waals surface area contributed by atoms with Gasteiger partial charge < -0.3 is 11.1 Å². The Labute approximate surface area is 98.9 Å². The number of nitrogens with two attached hydrogens (primary N) is 1. The molecule has 1 saturated carbocycles. The van der Waals surface area contributed by atoms with Gasteiger partial charge in [-0.3, -0.25) is 0 Å². The predicted octanol–water partition coefficient (Wildman–Crippen LogP) is 0.669. The maximum atomic E-state index is 11.5. The van der Waals surface area contributed by atoms with Gasteiger partial charge in [-0.15, -0.1) is 0 Å². The second-order valence-corrected chi connectivity index (χ2v) is 8.17. The van der Waals surface area contributed by atoms with Crippen LogP contribution < -0.4 is 11.1 Å². The van der Waals surface area contributed by atoms with E-state index in [0.717, 1.165) is 25.7 Å². The van der Waals surface area contributed by atoms with Gasteiger partial charge in [-0.05, 0) is 39.5 Å². The highest BCUT2D eigenvalue weighted by atomic mass is 32.2. The van der Waals surface area contributed by atoms with E-state index >= 15 is 0 Å². The first-order chi connectivity index (χ1) is 7.22. The quantitative estimate of drug-likeness (QED) is 0.767. The van der Waals surface area contributed by atoms with E-state index in [0.29, 0.717) is 18.6 Å². The summed E-state index contributed by atoms with van der Waals surface area (Å²) in [6.45, 7) is 4.06. The van der Waals surface area contributed by atoms with Crippen LogP contribution in [0, 0.1) is 0 Å². The molecule has 0 amide bonds. The highest BCUT2D eigenvalue weighted by molar-refractivity contribution is 7.92. The van der Waals surface area contributed by atoms with E-state index < -0.39 is 14.6 Å². The summed E-state index contributed by atoms with van der Waals surface area (Å²) in [5, 5.41) is 3.35. The summed E-state index contributed by atoms with van der Waals surface area (Å²) < 4.78 is 22.3. The average molecular weight is 248 g/mol. The Morgan fingerprint density at radius 2 is 1.75 bits per heavy atom. The number of sulfone groups is 1. The van der Waals surface area contributed by atoms with Crippen molar-refractivity contribution in [3.8, 4) is 0 Å². The van der Waals surface area contributed by atoms with Gasteiger partial charge in [0.1, 0.15) is 0 Å². The summed E-state index contributed by atoms with van der Waals surface area (Å²) in [4.78, 5) is 0. The molecular weight excluding hydrogens is 224 g/mol. The van der Waals surface area contributed by atoms with Crippen LogP contribution in [-0.2, 0) is 9.84 Å². The summed E-state index contributed by atoms with van der Waals surface area (Å²) in [5.41, 5.74) is 5.82. The smallest absolute Gasteiger partial charge is 0.153 e. The Hall–Kier alpha value is -0.130. The minimum Gasteiger partial charge on any atom is -0.328 e. The van der Waals surface area contributed by atoms with Gasteiger partial charge in [0.15, 0.2) is 9.84 Å². The zero-order chi connectivity index (χ0) is 12.4. The maximum absolute atomic E-state index is 11.5. The molecule has 0 aromatic rings. The zero-order valence-corrected chi connectivity index (χ0v) is 11.3. The second kappa shape index (κ2) is 5.02. The summed E-state index contributed by atoms with van der Waals surface area (Å²) >= 11 is 0. The van der Waals surface area contributed by atoms with Crippen LogP contribution in [0.1, 0.15) is 39.5 Å². The summed E-state index contributed by atoms with van der Waals surface area (Å²) in [5.74, 6) is 0. The SMILES string of the molecule is CC(C)(CNC1CCC(N)CC1)S(C)(=O)=O. The molecule has 1 rings (SSSR count). The Morgan fingerprint density at radius 3 is 2.19 bits per heavy atom. The average Bonchev–Trinajstić information content (AvgIpc) is 2.15. The van der Waals surface area contributed by atoms with E-state index in [1.54, 1.807) is 13.8 Å². The first kappa shape index (κ1) is 13.9. The molecule has 16 heavy (non-hydrogen) atoms. The van der Waals surface area contributed by atoms with Crippen LogP contribution in [0.4, 0.5) is 0 Å². The van der Waals surface area contributed by atoms with Crippen molar-refractivity contribution in [1.29, 1.82) is 0 Å². The monoisotopic (exact) mass is 248 g/mol. The molecule has 1 fully saturated rings. The predicted molar refractivity (Wildman–Crippen MR) is 67.2 cm³/mol. The Balaban J connectivity index is 2.40. The number of rotatable bonds is 4. The van der Waals surface area contributed by atoms with E-state index in [1.807, 2.05) is 0 Å². The van der Waals surface area contributed by atoms with Crippen molar-refractivity contribution in [1.82, 2.24) is 5.32 Å². The molecule has 3 N–H and O–H groups in total. The fourth-order valence-electron chi connectivity index (χ4n) is 1.84. The van der Waals surface area contributed by atoms with Gasteiger partial charge in [0.25, 0.3) is 0 Å². The molecule has 0 aromatic carbocycles. The van der Waals surface area contributed by atoms with Crippen molar-refractivity contribution in [3.63, 3.8) is 0 Å². The van der Waals surface area contributed by atoms with Gasteiger partial charge in [0, 0.05) is 24.9 Å². The third kappa shape index (κ3) is 3.71. The number of hydrogen-bond acceptors (Lipinski definition) is 4. The van der Waals surface area contributed by atoms with Crippen LogP contribution in [0.25, 0.3) is 0 Å². The summed E-state index contributed by atoms with van der Waals surface area (Å²) in [6, 6.07) is 0.766. The van der Waals surface area contributed by atoms with Crippen molar-refractivity contribution in [3.05, 3.63) is 0 Å². The largest absolute Gasteiger partial charge is 0.328 e. The molecule has 0 saturated heterocycles. The van der Waals surface area contributed by atoms with Gasteiger partial charge in [-0.1, -0.05) is 0 Å². The second-order valence-electron chi connectivity index (χ2n) is 5.52. The highest BCUT2D eigenvalue weighted by Gasteiger charge is 2.31. The normalized spacial score (nSPS) is 28.0. The lowest BCUT2D eigenvalue weighted by atomic mass is 9.91. The molecule has 0 bridgehead atoms. The first-order valence-corrected chi connectivity index (χ1v) is 7.80. The van der Waals surface area contributed by atoms with Crippen molar-refractivity contribution in [2.24, 2.45) is 5.73 Å². The van der Waals surface area contributed by atoms with Crippen molar-refractivity contribution in [2.45, 2.75) is 56.4 Å². The van der Waals surface area contributed by atoms with Gasteiger partial charge >= 0.3 is 0 Å². The molecule has 0 aliphatic heterocycles. The maximum Gasteiger partial charge on any atom is 0.153 e. The van der Waals surface area contributed by atoms with Crippen LogP contribution in [0.2, 0.25) is 0 Å². The molecule has 5 heteroatoms. The van der Waals surface area contributed by atoms with Crippen LogP contribution in [0.5, 0.6) is 0 Å². The van der Waals surface area contributed by atoms with E-state index in [9.17, 15) is 8.42 Å². The van der Waals surface area contributed by atoms with Gasteiger partial charge in [-0.2, -0.15) is 0 Å². The topological polar surface area (TPSA) is 72.2 Å². The van der Waals surface area contributed by atoms with Gasteiger partial charge in [0.05, 0.1) is 4.75 Å². The molecule has 0 radical (unpaired) electrons. The summed E-state index contributed by atoms with van der Waals surface area (Å²) in [6.07, 6.45) is 5.49. The molecule has 0 spiro atoms. The molecule has 0 atom stereocenters. The molecule has 1 aliphatic carbocycles. The van der Waals surface area contributed by atoms with Crippen LogP contribution >= 0.6 is 0 Å². The molecule has 0 heterocycles. The van der Waals surface area contributed by atoms with Gasteiger partial charge in [-0.25, -0.2) is 8.42 Å². The molecule has 1 aliphatic rings. The Bertz CT molecular complexity index is 317. The number of hydrogen-bond donors (Lipinski definition) is 2. The van der Waals surface area contributed by atoms with Crippen LogP contribution in [0.15, 0.2) is 0 Å². The molecule has 0 aromatic heterocycles. The lowest BCUT2D eigenvalue weighted by Crippen LogP contribution is -2.47. The Morgan fingerprint density at radius 1 is 1.25 bits per heavy atom.